The van der Waals surface area contributed by atoms with E-state index in [1.807, 2.05) is 23.6 Å². The standard InChI is InChI=1S/C18H16F2N4O2S/c1-2-24-16(12-7-9-21-10-8-12)22-23-18(24)27-11-14(25)13-5-3-4-6-15(13)26-17(19)20/h3-10,17H,2,11H2,1H3. The minimum Gasteiger partial charge on any atom is -0.434 e. The Kier molecular flexibility index (Phi) is 6.12. The molecule has 2 aromatic heterocycles. The number of halogens is 2. The molecule has 0 saturated carbocycles. The van der Waals surface area contributed by atoms with Gasteiger partial charge in [-0.05, 0) is 31.2 Å². The zero-order chi connectivity index (χ0) is 19.2. The van der Waals surface area contributed by atoms with Crippen LogP contribution in [-0.2, 0) is 6.54 Å². The van der Waals surface area contributed by atoms with Crippen LogP contribution in [0.15, 0.2) is 53.9 Å². The smallest absolute Gasteiger partial charge is 0.387 e. The van der Waals surface area contributed by atoms with Gasteiger partial charge in [-0.2, -0.15) is 8.78 Å². The molecule has 0 aliphatic carbocycles. The molecule has 0 aliphatic rings. The van der Waals surface area contributed by atoms with Crippen LogP contribution in [0, 0.1) is 0 Å². The number of nitrogens with zero attached hydrogens (tertiary/aromatic N) is 4. The molecule has 140 valence electrons. The molecule has 9 heteroatoms. The monoisotopic (exact) mass is 390 g/mol. The normalized spacial score (nSPS) is 11.0. The summed E-state index contributed by atoms with van der Waals surface area (Å²) in [4.78, 5) is 16.5. The number of ether oxygens (including phenoxy) is 1. The van der Waals surface area contributed by atoms with Crippen molar-refractivity contribution in [1.82, 2.24) is 19.7 Å². The molecule has 0 radical (unpaired) electrons. The van der Waals surface area contributed by atoms with Gasteiger partial charge in [0.05, 0.1) is 11.3 Å². The van der Waals surface area contributed by atoms with Crippen molar-refractivity contribution in [2.75, 3.05) is 5.75 Å². The zero-order valence-electron chi connectivity index (χ0n) is 14.4. The number of aromatic nitrogens is 4. The van der Waals surface area contributed by atoms with Gasteiger partial charge < -0.3 is 9.30 Å². The van der Waals surface area contributed by atoms with Gasteiger partial charge in [0.15, 0.2) is 16.8 Å². The van der Waals surface area contributed by atoms with E-state index in [-0.39, 0.29) is 22.8 Å². The highest BCUT2D eigenvalue weighted by Gasteiger charge is 2.18. The Bertz CT molecular complexity index is 919. The van der Waals surface area contributed by atoms with Gasteiger partial charge in [0.25, 0.3) is 0 Å². The van der Waals surface area contributed by atoms with Crippen LogP contribution < -0.4 is 4.74 Å². The van der Waals surface area contributed by atoms with Crippen LogP contribution >= 0.6 is 11.8 Å². The first-order valence-corrected chi connectivity index (χ1v) is 9.12. The third-order valence-electron chi connectivity index (χ3n) is 3.71. The van der Waals surface area contributed by atoms with Crippen molar-refractivity contribution in [2.24, 2.45) is 0 Å². The average molecular weight is 390 g/mol. The van der Waals surface area contributed by atoms with Gasteiger partial charge in [-0.25, -0.2) is 0 Å². The quantitative estimate of drug-likeness (QED) is 0.429. The van der Waals surface area contributed by atoms with E-state index >= 15 is 0 Å². The molecule has 0 aliphatic heterocycles. The predicted molar refractivity (Wildman–Crippen MR) is 97.1 cm³/mol. The third-order valence-corrected chi connectivity index (χ3v) is 4.67. The van der Waals surface area contributed by atoms with Crippen LogP contribution in [0.25, 0.3) is 11.4 Å². The molecule has 0 N–H and O–H groups in total. The van der Waals surface area contributed by atoms with Crippen molar-refractivity contribution < 1.29 is 18.3 Å². The molecule has 0 unspecified atom stereocenters. The number of pyridine rings is 1. The summed E-state index contributed by atoms with van der Waals surface area (Å²) < 4.78 is 31.3. The topological polar surface area (TPSA) is 69.9 Å². The summed E-state index contributed by atoms with van der Waals surface area (Å²) in [5, 5.41) is 8.92. The summed E-state index contributed by atoms with van der Waals surface area (Å²) in [6.07, 6.45) is 3.33. The second-order valence-electron chi connectivity index (χ2n) is 5.37. The maximum absolute atomic E-state index is 12.5. The predicted octanol–water partition coefficient (Wildman–Crippen LogP) is 3.94. The Morgan fingerprint density at radius 2 is 1.93 bits per heavy atom. The maximum Gasteiger partial charge on any atom is 0.387 e. The average Bonchev–Trinajstić information content (AvgIpc) is 3.09. The van der Waals surface area contributed by atoms with Gasteiger partial charge >= 0.3 is 6.61 Å². The second-order valence-corrected chi connectivity index (χ2v) is 6.32. The maximum atomic E-state index is 12.5. The number of benzene rings is 1. The number of rotatable bonds is 8. The number of thioether (sulfide) groups is 1. The van der Waals surface area contributed by atoms with Gasteiger partial charge in [-0.3, -0.25) is 9.78 Å². The van der Waals surface area contributed by atoms with Crippen molar-refractivity contribution >= 4 is 17.5 Å². The third kappa shape index (κ3) is 4.48. The van der Waals surface area contributed by atoms with E-state index in [4.69, 9.17) is 0 Å². The lowest BCUT2D eigenvalue weighted by Gasteiger charge is -2.10. The Morgan fingerprint density at radius 1 is 1.19 bits per heavy atom. The van der Waals surface area contributed by atoms with Crippen LogP contribution in [0.4, 0.5) is 8.78 Å². The Hall–Kier alpha value is -2.81. The van der Waals surface area contributed by atoms with Crippen molar-refractivity contribution in [2.45, 2.75) is 25.2 Å². The summed E-state index contributed by atoms with van der Waals surface area (Å²) in [6.45, 7) is -0.421. The lowest BCUT2D eigenvalue weighted by Crippen LogP contribution is -2.10. The molecule has 1 aromatic carbocycles. The fourth-order valence-corrected chi connectivity index (χ4v) is 3.38. The van der Waals surface area contributed by atoms with E-state index in [1.165, 1.54) is 30.0 Å². The van der Waals surface area contributed by atoms with Gasteiger partial charge in [0, 0.05) is 24.5 Å². The van der Waals surface area contributed by atoms with Crippen molar-refractivity contribution in [3.63, 3.8) is 0 Å². The number of hydrogen-bond donors (Lipinski definition) is 0. The number of alkyl halides is 2. The molecular weight excluding hydrogens is 374 g/mol. The molecule has 2 heterocycles. The van der Waals surface area contributed by atoms with E-state index in [2.05, 4.69) is 19.9 Å². The Balaban J connectivity index is 1.76. The second kappa shape index (κ2) is 8.72. The SMILES string of the molecule is CCn1c(SCC(=O)c2ccccc2OC(F)F)nnc1-c1ccncc1. The van der Waals surface area contributed by atoms with Crippen LogP contribution in [0.1, 0.15) is 17.3 Å². The lowest BCUT2D eigenvalue weighted by molar-refractivity contribution is -0.0501. The van der Waals surface area contributed by atoms with Crippen molar-refractivity contribution in [1.29, 1.82) is 0 Å². The molecule has 0 amide bonds. The first-order valence-electron chi connectivity index (χ1n) is 8.13. The number of Topliss-reactive ketones (excluding diaryl/α,β-unsaturated/α-hetero) is 1. The van der Waals surface area contributed by atoms with Gasteiger partial charge in [-0.15, -0.1) is 10.2 Å². The van der Waals surface area contributed by atoms with E-state index in [0.29, 0.717) is 17.5 Å². The fourth-order valence-electron chi connectivity index (χ4n) is 2.50. The molecule has 6 nitrogen and oxygen atoms in total. The molecule has 27 heavy (non-hydrogen) atoms. The van der Waals surface area contributed by atoms with E-state index in [0.717, 1.165) is 5.56 Å². The fraction of sp³-hybridized carbons (Fsp3) is 0.222. The number of carbonyl (C=O) groups is 1. The van der Waals surface area contributed by atoms with Gasteiger partial charge in [-0.1, -0.05) is 23.9 Å². The summed E-state index contributed by atoms with van der Waals surface area (Å²) in [5.41, 5.74) is 0.982. The van der Waals surface area contributed by atoms with E-state index in [9.17, 15) is 13.6 Å². The van der Waals surface area contributed by atoms with E-state index in [1.54, 1.807) is 18.5 Å². The van der Waals surface area contributed by atoms with E-state index < -0.39 is 6.61 Å². The minimum atomic E-state index is -2.99. The van der Waals surface area contributed by atoms with Gasteiger partial charge in [0.1, 0.15) is 5.75 Å². The summed E-state index contributed by atoms with van der Waals surface area (Å²) in [5.74, 6) is 0.245. The molecule has 0 bridgehead atoms. The number of hydrogen-bond acceptors (Lipinski definition) is 6. The molecule has 0 atom stereocenters. The molecule has 0 saturated heterocycles. The largest absolute Gasteiger partial charge is 0.434 e. The lowest BCUT2D eigenvalue weighted by atomic mass is 10.1. The zero-order valence-corrected chi connectivity index (χ0v) is 15.2. The number of para-hydroxylation sites is 1. The van der Waals surface area contributed by atoms with Crippen molar-refractivity contribution in [3.05, 3.63) is 54.4 Å². The highest BCUT2D eigenvalue weighted by molar-refractivity contribution is 7.99. The van der Waals surface area contributed by atoms with Crippen LogP contribution in [0.5, 0.6) is 5.75 Å². The first-order chi connectivity index (χ1) is 13.1. The summed E-state index contributed by atoms with van der Waals surface area (Å²) in [7, 11) is 0. The van der Waals surface area contributed by atoms with Crippen LogP contribution in [-0.4, -0.2) is 37.9 Å². The highest BCUT2D eigenvalue weighted by Crippen LogP contribution is 2.26. The van der Waals surface area contributed by atoms with Crippen molar-refractivity contribution in [3.8, 4) is 17.1 Å². The first kappa shape index (κ1) is 19.0. The summed E-state index contributed by atoms with van der Waals surface area (Å²) in [6, 6.07) is 9.61. The van der Waals surface area contributed by atoms with Crippen LogP contribution in [0.3, 0.4) is 0 Å². The number of ketones is 1. The van der Waals surface area contributed by atoms with Crippen LogP contribution in [0.2, 0.25) is 0 Å². The summed E-state index contributed by atoms with van der Waals surface area (Å²) >= 11 is 1.20. The molecular formula is C18H16F2N4O2S. The molecule has 3 rings (SSSR count). The molecule has 0 fully saturated rings. The number of carbonyl (C=O) groups excluding carboxylic acids is 1. The molecule has 0 spiro atoms. The molecule has 3 aromatic rings. The minimum absolute atomic E-state index is 0.0259. The Labute approximate surface area is 158 Å². The van der Waals surface area contributed by atoms with Gasteiger partial charge in [0.2, 0.25) is 0 Å². The Morgan fingerprint density at radius 3 is 2.63 bits per heavy atom. The highest BCUT2D eigenvalue weighted by atomic mass is 32.2.